The van der Waals surface area contributed by atoms with Crippen molar-refractivity contribution in [3.05, 3.63) is 0 Å². The summed E-state index contributed by atoms with van der Waals surface area (Å²) in [5, 5.41) is 10.5. The quantitative estimate of drug-likeness (QED) is 0.0222. The maximum Gasteiger partial charge on any atom is 0.472 e. The fourth-order valence-electron chi connectivity index (χ4n) is 9.51. The molecule has 8 atom stereocenters. The van der Waals surface area contributed by atoms with Crippen LogP contribution in [0.25, 0.3) is 0 Å². The third-order valence-corrected chi connectivity index (χ3v) is 17.8. The summed E-state index contributed by atoms with van der Waals surface area (Å²) in [7, 11) is -9.89. The molecule has 0 radical (unpaired) electrons. The Morgan fingerprint density at radius 2 is 0.571 bits per heavy atom. The van der Waals surface area contributed by atoms with Crippen LogP contribution in [0, 0.1) is 23.7 Å². The van der Waals surface area contributed by atoms with Crippen LogP contribution in [0.2, 0.25) is 0 Å². The third kappa shape index (κ3) is 55.4. The number of phosphoric acid groups is 2. The van der Waals surface area contributed by atoms with Gasteiger partial charge in [-0.25, -0.2) is 9.13 Å². The summed E-state index contributed by atoms with van der Waals surface area (Å²) in [5.74, 6) is 0.818. The Labute approximate surface area is 511 Å². The van der Waals surface area contributed by atoms with Gasteiger partial charge in [0, 0.05) is 25.7 Å². The van der Waals surface area contributed by atoms with Gasteiger partial charge in [-0.05, 0) is 49.4 Å². The highest BCUT2D eigenvalue weighted by Crippen LogP contribution is 2.45. The number of ether oxygens (including phenoxy) is 4. The molecule has 0 spiro atoms. The molecule has 0 fully saturated rings. The van der Waals surface area contributed by atoms with Crippen molar-refractivity contribution in [2.24, 2.45) is 23.7 Å². The number of carbonyl (C=O) groups excluding carboxylic acids is 4. The van der Waals surface area contributed by atoms with Crippen LogP contribution in [0.5, 0.6) is 0 Å². The van der Waals surface area contributed by atoms with Gasteiger partial charge in [-0.2, -0.15) is 0 Å². The van der Waals surface area contributed by atoms with Gasteiger partial charge < -0.3 is 33.8 Å². The zero-order valence-electron chi connectivity index (χ0n) is 54.5. The van der Waals surface area contributed by atoms with Crippen LogP contribution in [0.4, 0.5) is 0 Å². The Bertz CT molecular complexity index is 1680. The van der Waals surface area contributed by atoms with E-state index in [1.807, 2.05) is 0 Å². The number of hydrogen-bond donors (Lipinski definition) is 3. The molecule has 0 aliphatic carbocycles. The normalized spacial score (nSPS) is 15.4. The predicted molar refractivity (Wildman–Crippen MR) is 335 cm³/mol. The minimum absolute atomic E-state index is 0.101. The number of aliphatic hydroxyl groups excluding tert-OH is 1. The number of rotatable bonds is 62. The second-order valence-corrected chi connectivity index (χ2v) is 27.6. The third-order valence-electron chi connectivity index (χ3n) is 15.9. The van der Waals surface area contributed by atoms with Gasteiger partial charge in [-0.1, -0.05) is 261 Å². The van der Waals surface area contributed by atoms with E-state index in [4.69, 9.17) is 37.0 Å². The van der Waals surface area contributed by atoms with E-state index < -0.39 is 97.5 Å². The molecule has 0 heterocycles. The summed E-state index contributed by atoms with van der Waals surface area (Å²) >= 11 is 0. The second kappa shape index (κ2) is 55.2. The van der Waals surface area contributed by atoms with Crippen LogP contribution in [0.3, 0.4) is 0 Å². The first-order valence-electron chi connectivity index (χ1n) is 33.8. The van der Waals surface area contributed by atoms with Crippen molar-refractivity contribution >= 4 is 39.5 Å². The Morgan fingerprint density at radius 3 is 0.845 bits per heavy atom. The number of carbonyl (C=O) groups is 4. The molecule has 0 aliphatic heterocycles. The molecule has 19 heteroatoms. The maximum absolute atomic E-state index is 13.0. The largest absolute Gasteiger partial charge is 0.472 e. The Balaban J connectivity index is 5.26. The molecule has 0 aliphatic rings. The van der Waals surface area contributed by atoms with E-state index in [1.54, 1.807) is 0 Å². The van der Waals surface area contributed by atoms with Crippen molar-refractivity contribution in [1.82, 2.24) is 0 Å². The molecular weight excluding hydrogens is 1110 g/mol. The molecular formula is C65H126O17P2. The number of hydrogen-bond acceptors (Lipinski definition) is 15. The van der Waals surface area contributed by atoms with Crippen molar-refractivity contribution in [3.63, 3.8) is 0 Å². The summed E-state index contributed by atoms with van der Waals surface area (Å²) in [5.41, 5.74) is 0. The average Bonchev–Trinajstić information content (AvgIpc) is 3.46. The van der Waals surface area contributed by atoms with Crippen LogP contribution in [-0.4, -0.2) is 96.7 Å². The lowest BCUT2D eigenvalue weighted by atomic mass is 9.99. The van der Waals surface area contributed by atoms with Gasteiger partial charge >= 0.3 is 39.5 Å². The first-order chi connectivity index (χ1) is 40.2. The minimum atomic E-state index is -4.95. The highest BCUT2D eigenvalue weighted by molar-refractivity contribution is 7.47. The second-order valence-electron chi connectivity index (χ2n) is 24.7. The van der Waals surface area contributed by atoms with Crippen molar-refractivity contribution in [2.75, 3.05) is 39.6 Å². The van der Waals surface area contributed by atoms with E-state index in [-0.39, 0.29) is 25.7 Å². The van der Waals surface area contributed by atoms with E-state index in [1.165, 1.54) is 103 Å². The first-order valence-corrected chi connectivity index (χ1v) is 36.8. The van der Waals surface area contributed by atoms with E-state index in [0.717, 1.165) is 120 Å². The van der Waals surface area contributed by atoms with E-state index in [0.29, 0.717) is 31.6 Å². The molecule has 498 valence electrons. The fourth-order valence-corrected chi connectivity index (χ4v) is 11.1. The summed E-state index contributed by atoms with van der Waals surface area (Å²) < 4.78 is 68.0. The molecule has 0 bridgehead atoms. The van der Waals surface area contributed by atoms with Crippen molar-refractivity contribution in [2.45, 2.75) is 331 Å². The molecule has 3 N–H and O–H groups in total. The highest BCUT2D eigenvalue weighted by atomic mass is 31.2. The number of aliphatic hydroxyl groups is 1. The molecule has 0 amide bonds. The van der Waals surface area contributed by atoms with Gasteiger partial charge in [0.1, 0.15) is 19.3 Å². The first kappa shape index (κ1) is 82.1. The standard InChI is InChI=1S/C65H126O17P2/c1-9-56(6)42-34-26-18-14-12-13-15-19-31-39-47-64(69)81-60(52-76-63(68)46-38-30-23-21-27-35-43-57(7)10-2)53-79-83(71,72)77-49-59(66)50-78-84(73,74)80-54-61(82-65(70)48-40-32-24-22-28-36-44-58(8)11-3)51-75-62(67)45-37-29-20-16-17-25-33-41-55(4)5/h55-61,66H,9-54H2,1-8H3,(H,71,72)(H,73,74)/t56?,57?,58?,59?,60-,61-/m1/s1. The molecule has 0 saturated carbocycles. The Kier molecular flexibility index (Phi) is 53.9. The highest BCUT2D eigenvalue weighted by Gasteiger charge is 2.30. The van der Waals surface area contributed by atoms with Gasteiger partial charge in [0.15, 0.2) is 12.2 Å². The van der Waals surface area contributed by atoms with Crippen LogP contribution in [0.15, 0.2) is 0 Å². The average molecular weight is 1240 g/mol. The summed E-state index contributed by atoms with van der Waals surface area (Å²) in [6.45, 7) is 14.0. The fraction of sp³-hybridized carbons (Fsp3) is 0.938. The molecule has 0 aromatic heterocycles. The molecule has 84 heavy (non-hydrogen) atoms. The van der Waals surface area contributed by atoms with E-state index in [2.05, 4.69) is 55.4 Å². The molecule has 0 aromatic rings. The lowest BCUT2D eigenvalue weighted by Gasteiger charge is -2.21. The topological polar surface area (TPSA) is 237 Å². The van der Waals surface area contributed by atoms with Gasteiger partial charge in [-0.3, -0.25) is 37.3 Å². The SMILES string of the molecule is CCC(C)CCCCCCCCCCCCC(=O)O[C@H](COC(=O)CCCCCCCCC(C)CC)COP(=O)(O)OCC(O)COP(=O)(O)OC[C@@H](COC(=O)CCCCCCCCCC(C)C)OC(=O)CCCCCCCCC(C)CC. The lowest BCUT2D eigenvalue weighted by Crippen LogP contribution is -2.30. The maximum atomic E-state index is 13.0. The monoisotopic (exact) mass is 1240 g/mol. The van der Waals surface area contributed by atoms with Crippen molar-refractivity contribution in [3.8, 4) is 0 Å². The minimum Gasteiger partial charge on any atom is -0.462 e. The van der Waals surface area contributed by atoms with E-state index >= 15 is 0 Å². The van der Waals surface area contributed by atoms with Crippen LogP contribution >= 0.6 is 15.6 Å². The lowest BCUT2D eigenvalue weighted by molar-refractivity contribution is -0.161. The molecule has 6 unspecified atom stereocenters. The zero-order chi connectivity index (χ0) is 62.5. The van der Waals surface area contributed by atoms with E-state index in [9.17, 15) is 43.2 Å². The van der Waals surface area contributed by atoms with Crippen LogP contribution in [-0.2, 0) is 65.4 Å². The molecule has 0 saturated heterocycles. The Hall–Kier alpha value is -1.94. The van der Waals surface area contributed by atoms with Crippen LogP contribution in [0.1, 0.15) is 312 Å². The van der Waals surface area contributed by atoms with Crippen molar-refractivity contribution < 1.29 is 80.2 Å². The zero-order valence-corrected chi connectivity index (χ0v) is 56.3. The van der Waals surface area contributed by atoms with Gasteiger partial charge in [0.2, 0.25) is 0 Å². The number of esters is 4. The van der Waals surface area contributed by atoms with Gasteiger partial charge in [0.25, 0.3) is 0 Å². The van der Waals surface area contributed by atoms with Gasteiger partial charge in [0.05, 0.1) is 26.4 Å². The smallest absolute Gasteiger partial charge is 0.462 e. The molecule has 0 aromatic carbocycles. The molecule has 17 nitrogen and oxygen atoms in total. The number of unbranched alkanes of at least 4 members (excludes halogenated alkanes) is 25. The van der Waals surface area contributed by atoms with Gasteiger partial charge in [-0.15, -0.1) is 0 Å². The molecule has 0 rings (SSSR count). The summed E-state index contributed by atoms with van der Waals surface area (Å²) in [4.78, 5) is 72.3. The number of phosphoric ester groups is 2. The summed E-state index contributed by atoms with van der Waals surface area (Å²) in [6.07, 6.45) is 34.9. The van der Waals surface area contributed by atoms with Crippen molar-refractivity contribution in [1.29, 1.82) is 0 Å². The Morgan fingerprint density at radius 1 is 0.333 bits per heavy atom. The predicted octanol–water partition coefficient (Wildman–Crippen LogP) is 17.8. The van der Waals surface area contributed by atoms with Crippen LogP contribution < -0.4 is 0 Å². The summed E-state index contributed by atoms with van der Waals surface area (Å²) in [6, 6.07) is 0.